The molecule has 0 unspecified atom stereocenters. The highest BCUT2D eigenvalue weighted by Gasteiger charge is 2.25. The van der Waals surface area contributed by atoms with Crippen LogP contribution in [0.3, 0.4) is 0 Å². The van der Waals surface area contributed by atoms with E-state index in [4.69, 9.17) is 3.87 Å². The molecule has 0 saturated carbocycles. The maximum Gasteiger partial charge on any atom is 0.287 e. The molecule has 0 aliphatic heterocycles. The second-order valence-electron chi connectivity index (χ2n) is 5.96. The molecule has 0 heterocycles. The van der Waals surface area contributed by atoms with Gasteiger partial charge >= 0.3 is 0 Å². The van der Waals surface area contributed by atoms with Gasteiger partial charge < -0.3 is 3.87 Å². The van der Waals surface area contributed by atoms with Crippen LogP contribution in [0.2, 0.25) is 19.6 Å². The van der Waals surface area contributed by atoms with E-state index in [2.05, 4.69) is 12.1 Å². The summed E-state index contributed by atoms with van der Waals surface area (Å²) in [6, 6.07) is 17.0. The van der Waals surface area contributed by atoms with Gasteiger partial charge in [-0.05, 0) is 49.3 Å². The molecule has 2 aromatic carbocycles. The van der Waals surface area contributed by atoms with Crippen molar-refractivity contribution in [2.24, 2.45) is 0 Å². The van der Waals surface area contributed by atoms with Crippen LogP contribution in [0.15, 0.2) is 59.5 Å². The molecular weight excluding hydrogens is 300 g/mol. The van der Waals surface area contributed by atoms with Crippen LogP contribution >= 0.6 is 0 Å². The summed E-state index contributed by atoms with van der Waals surface area (Å²) in [7, 11) is -5.78. The van der Waals surface area contributed by atoms with Crippen molar-refractivity contribution in [3.8, 4) is 0 Å². The van der Waals surface area contributed by atoms with Gasteiger partial charge in [0.05, 0.1) is 4.90 Å². The Bertz CT molecular complexity index is 687. The van der Waals surface area contributed by atoms with E-state index >= 15 is 0 Å². The third kappa shape index (κ3) is 4.80. The Hall–Kier alpha value is -1.43. The summed E-state index contributed by atoms with van der Waals surface area (Å²) in [5, 5.41) is 0. The highest BCUT2D eigenvalue weighted by molar-refractivity contribution is 7.87. The largest absolute Gasteiger partial charge is 0.312 e. The van der Waals surface area contributed by atoms with Crippen LogP contribution in [-0.4, -0.2) is 16.7 Å². The molecule has 112 valence electrons. The monoisotopic (exact) mass is 320 g/mol. The van der Waals surface area contributed by atoms with Crippen molar-refractivity contribution in [2.45, 2.75) is 31.0 Å². The van der Waals surface area contributed by atoms with E-state index in [1.54, 1.807) is 12.1 Å². The molecule has 0 aliphatic carbocycles. The summed E-state index contributed by atoms with van der Waals surface area (Å²) in [6.07, 6.45) is 0.788. The predicted molar refractivity (Wildman–Crippen MR) is 87.3 cm³/mol. The second kappa shape index (κ2) is 6.13. The third-order valence-corrected chi connectivity index (χ3v) is 6.55. The van der Waals surface area contributed by atoms with Crippen molar-refractivity contribution in [3.05, 3.63) is 65.7 Å². The molecule has 0 atom stereocenters. The van der Waals surface area contributed by atoms with E-state index < -0.39 is 18.4 Å². The lowest BCUT2D eigenvalue weighted by atomic mass is 10.1. The van der Waals surface area contributed by atoms with E-state index in [9.17, 15) is 8.42 Å². The zero-order valence-corrected chi connectivity index (χ0v) is 14.4. The van der Waals surface area contributed by atoms with E-state index in [1.165, 1.54) is 5.56 Å². The molecule has 0 N–H and O–H groups in total. The number of rotatable bonds is 5. The van der Waals surface area contributed by atoms with Crippen molar-refractivity contribution in [1.82, 2.24) is 0 Å². The minimum Gasteiger partial charge on any atom is -0.312 e. The first-order valence-corrected chi connectivity index (χ1v) is 11.7. The molecule has 21 heavy (non-hydrogen) atoms. The van der Waals surface area contributed by atoms with Gasteiger partial charge in [0.15, 0.2) is 0 Å². The summed E-state index contributed by atoms with van der Waals surface area (Å²) in [6.45, 7) is 5.57. The fourth-order valence-electron chi connectivity index (χ4n) is 1.98. The number of hydrogen-bond acceptors (Lipinski definition) is 3. The van der Waals surface area contributed by atoms with Gasteiger partial charge in [0.25, 0.3) is 10.1 Å². The molecule has 0 radical (unpaired) electrons. The Morgan fingerprint density at radius 1 is 0.857 bits per heavy atom. The van der Waals surface area contributed by atoms with Crippen LogP contribution < -0.4 is 0 Å². The zero-order valence-electron chi connectivity index (χ0n) is 12.5. The summed E-state index contributed by atoms with van der Waals surface area (Å²) in [5.41, 5.74) is 2.28. The van der Waals surface area contributed by atoms with Crippen LogP contribution in [-0.2, 0) is 20.4 Å². The molecule has 3 nitrogen and oxygen atoms in total. The van der Waals surface area contributed by atoms with Gasteiger partial charge in [0, 0.05) is 0 Å². The Morgan fingerprint density at radius 2 is 1.38 bits per heavy atom. The minimum absolute atomic E-state index is 0.224. The average Bonchev–Trinajstić information content (AvgIpc) is 2.38. The lowest BCUT2D eigenvalue weighted by molar-refractivity contribution is 0.485. The van der Waals surface area contributed by atoms with Gasteiger partial charge in [-0.25, -0.2) is 0 Å². The SMILES string of the molecule is C[Si](C)(C)OS(=O)(=O)c1ccc(Cc2ccccc2)cc1. The van der Waals surface area contributed by atoms with Gasteiger partial charge in [-0.15, -0.1) is 0 Å². The number of hydrogen-bond donors (Lipinski definition) is 0. The van der Waals surface area contributed by atoms with Crippen LogP contribution in [0.5, 0.6) is 0 Å². The smallest absolute Gasteiger partial charge is 0.287 e. The normalized spacial score (nSPS) is 12.3. The van der Waals surface area contributed by atoms with Crippen molar-refractivity contribution in [3.63, 3.8) is 0 Å². The fourth-order valence-corrected chi connectivity index (χ4v) is 5.47. The first kappa shape index (κ1) is 15.9. The molecule has 0 saturated heterocycles. The maximum absolute atomic E-state index is 12.1. The summed E-state index contributed by atoms with van der Waals surface area (Å²) >= 11 is 0. The number of benzene rings is 2. The second-order valence-corrected chi connectivity index (χ2v) is 12.2. The van der Waals surface area contributed by atoms with Gasteiger partial charge in [0.1, 0.15) is 0 Å². The van der Waals surface area contributed by atoms with Crippen LogP contribution in [0.25, 0.3) is 0 Å². The highest BCUT2D eigenvalue weighted by Crippen LogP contribution is 2.19. The minimum atomic E-state index is -3.65. The van der Waals surface area contributed by atoms with Gasteiger partial charge in [-0.2, -0.15) is 8.42 Å². The Labute approximate surface area is 127 Å². The maximum atomic E-state index is 12.1. The van der Waals surface area contributed by atoms with Crippen LogP contribution in [0.1, 0.15) is 11.1 Å². The first-order valence-electron chi connectivity index (χ1n) is 6.85. The van der Waals surface area contributed by atoms with Gasteiger partial charge in [-0.1, -0.05) is 42.5 Å². The van der Waals surface area contributed by atoms with Crippen LogP contribution in [0, 0.1) is 0 Å². The van der Waals surface area contributed by atoms with Gasteiger partial charge in [-0.3, -0.25) is 0 Å². The predicted octanol–water partition coefficient (Wildman–Crippen LogP) is 3.82. The molecule has 0 spiro atoms. The Balaban J connectivity index is 2.16. The van der Waals surface area contributed by atoms with E-state index in [0.29, 0.717) is 0 Å². The van der Waals surface area contributed by atoms with Crippen molar-refractivity contribution in [2.75, 3.05) is 0 Å². The third-order valence-electron chi connectivity index (χ3n) is 2.82. The van der Waals surface area contributed by atoms with Crippen molar-refractivity contribution < 1.29 is 12.3 Å². The molecule has 0 aromatic heterocycles. The fraction of sp³-hybridized carbons (Fsp3) is 0.250. The van der Waals surface area contributed by atoms with Crippen molar-refractivity contribution >= 4 is 18.4 Å². The molecule has 2 rings (SSSR count). The molecule has 0 fully saturated rings. The van der Waals surface area contributed by atoms with E-state index in [0.717, 1.165) is 12.0 Å². The van der Waals surface area contributed by atoms with Crippen molar-refractivity contribution in [1.29, 1.82) is 0 Å². The van der Waals surface area contributed by atoms with Gasteiger partial charge in [0.2, 0.25) is 8.32 Å². The molecule has 0 aliphatic rings. The molecule has 0 amide bonds. The van der Waals surface area contributed by atoms with E-state index in [1.807, 2.05) is 50.0 Å². The topological polar surface area (TPSA) is 43.4 Å². The Kier molecular flexibility index (Phi) is 4.66. The lowest BCUT2D eigenvalue weighted by Gasteiger charge is -2.16. The molecular formula is C16H20O3SSi. The summed E-state index contributed by atoms with van der Waals surface area (Å²) in [5.74, 6) is 0. The summed E-state index contributed by atoms with van der Waals surface area (Å²) in [4.78, 5) is 0.224. The molecule has 5 heteroatoms. The first-order chi connectivity index (χ1) is 9.76. The van der Waals surface area contributed by atoms with Crippen LogP contribution in [0.4, 0.5) is 0 Å². The quantitative estimate of drug-likeness (QED) is 0.787. The zero-order chi connectivity index (χ0) is 15.5. The highest BCUT2D eigenvalue weighted by atomic mass is 32.2. The van der Waals surface area contributed by atoms with E-state index in [-0.39, 0.29) is 4.90 Å². The Morgan fingerprint density at radius 3 is 1.90 bits per heavy atom. The summed E-state index contributed by atoms with van der Waals surface area (Å²) < 4.78 is 29.5. The average molecular weight is 320 g/mol. The standard InChI is InChI=1S/C16H20O3SSi/c1-21(2,3)19-20(17,18)16-11-9-15(10-12-16)13-14-7-5-4-6-8-14/h4-12H,13H2,1-3H3. The molecule has 0 bridgehead atoms. The lowest BCUT2D eigenvalue weighted by Crippen LogP contribution is -2.29. The molecule has 2 aromatic rings.